The summed E-state index contributed by atoms with van der Waals surface area (Å²) in [5, 5.41) is 3.77. The van der Waals surface area contributed by atoms with Crippen molar-refractivity contribution in [3.8, 4) is 0 Å². The predicted molar refractivity (Wildman–Crippen MR) is 81.4 cm³/mol. The zero-order chi connectivity index (χ0) is 13.3. The van der Waals surface area contributed by atoms with E-state index in [2.05, 4.69) is 24.1 Å². The summed E-state index contributed by atoms with van der Waals surface area (Å²) in [6.45, 7) is 8.87. The molecule has 3 aliphatic heterocycles. The molecule has 0 aromatic carbocycles. The number of nitrogens with one attached hydrogen (secondary N) is 1. The van der Waals surface area contributed by atoms with Gasteiger partial charge in [0.2, 0.25) is 0 Å². The molecule has 110 valence electrons. The Kier molecular flexibility index (Phi) is 4.19. The van der Waals surface area contributed by atoms with E-state index in [1.807, 2.05) is 0 Å². The molecule has 0 aromatic heterocycles. The van der Waals surface area contributed by atoms with Gasteiger partial charge in [-0.1, -0.05) is 13.8 Å². The third-order valence-corrected chi connectivity index (χ3v) is 6.44. The number of likely N-dealkylation sites (tertiary alicyclic amines) is 1. The molecule has 3 saturated heterocycles. The summed E-state index contributed by atoms with van der Waals surface area (Å²) < 4.78 is 0. The first kappa shape index (κ1) is 13.9. The first-order chi connectivity index (χ1) is 9.23. The van der Waals surface area contributed by atoms with Crippen LogP contribution in [0.15, 0.2) is 0 Å². The summed E-state index contributed by atoms with van der Waals surface area (Å²) in [7, 11) is 0. The molecule has 3 aliphatic rings. The van der Waals surface area contributed by atoms with Crippen LogP contribution in [-0.2, 0) is 0 Å². The van der Waals surface area contributed by atoms with E-state index in [-0.39, 0.29) is 0 Å². The quantitative estimate of drug-likeness (QED) is 0.818. The maximum atomic E-state index is 3.77. The van der Waals surface area contributed by atoms with Gasteiger partial charge in [-0.2, -0.15) is 0 Å². The zero-order valence-corrected chi connectivity index (χ0v) is 13.0. The lowest BCUT2D eigenvalue weighted by Gasteiger charge is -2.31. The van der Waals surface area contributed by atoms with Crippen LogP contribution >= 0.6 is 0 Å². The van der Waals surface area contributed by atoms with Crippen LogP contribution < -0.4 is 5.32 Å². The molecule has 19 heavy (non-hydrogen) atoms. The molecule has 2 unspecified atom stereocenters. The van der Waals surface area contributed by atoms with Crippen molar-refractivity contribution in [1.82, 2.24) is 10.2 Å². The molecule has 2 atom stereocenters. The first-order valence-corrected chi connectivity index (χ1v) is 8.71. The Bertz CT molecular complexity index is 286. The Morgan fingerprint density at radius 2 is 1.79 bits per heavy atom. The third-order valence-electron chi connectivity index (χ3n) is 6.44. The highest BCUT2D eigenvalue weighted by atomic mass is 15.2. The van der Waals surface area contributed by atoms with Crippen LogP contribution in [0.1, 0.15) is 65.2 Å². The highest BCUT2D eigenvalue weighted by Crippen LogP contribution is 2.38. The van der Waals surface area contributed by atoms with Crippen molar-refractivity contribution in [3.05, 3.63) is 0 Å². The van der Waals surface area contributed by atoms with E-state index < -0.39 is 0 Å². The average Bonchev–Trinajstić information content (AvgIpc) is 3.01. The van der Waals surface area contributed by atoms with Crippen LogP contribution in [0, 0.1) is 11.3 Å². The van der Waals surface area contributed by atoms with Crippen LogP contribution in [-0.4, -0.2) is 36.6 Å². The molecule has 2 bridgehead atoms. The minimum Gasteiger partial charge on any atom is -0.311 e. The van der Waals surface area contributed by atoms with E-state index in [1.165, 1.54) is 71.0 Å². The molecule has 0 saturated carbocycles. The topological polar surface area (TPSA) is 15.3 Å². The van der Waals surface area contributed by atoms with Crippen molar-refractivity contribution < 1.29 is 0 Å². The van der Waals surface area contributed by atoms with Gasteiger partial charge in [0.15, 0.2) is 0 Å². The molecule has 2 heteroatoms. The molecule has 0 spiro atoms. The van der Waals surface area contributed by atoms with Gasteiger partial charge in [0.25, 0.3) is 0 Å². The molecule has 3 heterocycles. The number of nitrogens with zero attached hydrogens (tertiary/aromatic N) is 1. The van der Waals surface area contributed by atoms with Crippen molar-refractivity contribution in [2.75, 3.05) is 19.6 Å². The van der Waals surface area contributed by atoms with Crippen LogP contribution in [0.3, 0.4) is 0 Å². The SMILES string of the molecule is CCC1(CC)CCN(CCC2CC3CCC(C2)N3)C1. The van der Waals surface area contributed by atoms with Gasteiger partial charge in [0.1, 0.15) is 0 Å². The van der Waals surface area contributed by atoms with E-state index in [0.29, 0.717) is 5.41 Å². The number of fused-ring (bicyclic) bond motifs is 2. The van der Waals surface area contributed by atoms with Gasteiger partial charge >= 0.3 is 0 Å². The van der Waals surface area contributed by atoms with Crippen LogP contribution in [0.5, 0.6) is 0 Å². The molecule has 0 aliphatic carbocycles. The lowest BCUT2D eigenvalue weighted by Crippen LogP contribution is -2.39. The van der Waals surface area contributed by atoms with E-state index in [9.17, 15) is 0 Å². The first-order valence-electron chi connectivity index (χ1n) is 8.71. The van der Waals surface area contributed by atoms with Crippen LogP contribution in [0.25, 0.3) is 0 Å². The highest BCUT2D eigenvalue weighted by Gasteiger charge is 2.36. The Hall–Kier alpha value is -0.0800. The molecule has 1 N–H and O–H groups in total. The standard InChI is InChI=1S/C17H32N2/c1-3-17(4-2)8-10-19(13-17)9-7-14-11-15-5-6-16(12-14)18-15/h14-16,18H,3-13H2,1-2H3. The molecule has 0 radical (unpaired) electrons. The minimum absolute atomic E-state index is 0.660. The zero-order valence-electron chi connectivity index (χ0n) is 13.0. The van der Waals surface area contributed by atoms with Gasteiger partial charge < -0.3 is 10.2 Å². The van der Waals surface area contributed by atoms with Crippen molar-refractivity contribution in [2.24, 2.45) is 11.3 Å². The molecular formula is C17H32N2. The summed E-state index contributed by atoms with van der Waals surface area (Å²) in [4.78, 5) is 2.76. The number of piperidine rings is 1. The number of rotatable bonds is 5. The Morgan fingerprint density at radius 1 is 1.11 bits per heavy atom. The fourth-order valence-corrected chi connectivity index (χ4v) is 4.82. The van der Waals surface area contributed by atoms with E-state index in [1.54, 1.807) is 0 Å². The second-order valence-electron chi connectivity index (χ2n) is 7.50. The van der Waals surface area contributed by atoms with Gasteiger partial charge in [0, 0.05) is 18.6 Å². The summed E-state index contributed by atoms with van der Waals surface area (Å²) in [5.74, 6) is 1.01. The monoisotopic (exact) mass is 264 g/mol. The molecule has 2 nitrogen and oxygen atoms in total. The maximum Gasteiger partial charge on any atom is 0.00728 e. The normalized spacial score (nSPS) is 37.9. The van der Waals surface area contributed by atoms with Crippen LogP contribution in [0.4, 0.5) is 0 Å². The third kappa shape index (κ3) is 3.00. The molecule has 3 rings (SSSR count). The molecule has 0 amide bonds. The van der Waals surface area contributed by atoms with E-state index >= 15 is 0 Å². The number of hydrogen-bond donors (Lipinski definition) is 1. The lowest BCUT2D eigenvalue weighted by molar-refractivity contribution is 0.212. The van der Waals surface area contributed by atoms with Crippen LogP contribution in [0.2, 0.25) is 0 Å². The summed E-state index contributed by atoms with van der Waals surface area (Å²) in [6, 6.07) is 1.74. The van der Waals surface area contributed by atoms with Crippen molar-refractivity contribution in [1.29, 1.82) is 0 Å². The highest BCUT2D eigenvalue weighted by molar-refractivity contribution is 4.93. The van der Waals surface area contributed by atoms with E-state index in [0.717, 1.165) is 18.0 Å². The van der Waals surface area contributed by atoms with Crippen molar-refractivity contribution >= 4 is 0 Å². The largest absolute Gasteiger partial charge is 0.311 e. The second kappa shape index (κ2) is 5.73. The fourth-order valence-electron chi connectivity index (χ4n) is 4.82. The smallest absolute Gasteiger partial charge is 0.00728 e. The van der Waals surface area contributed by atoms with Crippen molar-refractivity contribution in [2.45, 2.75) is 77.3 Å². The average molecular weight is 264 g/mol. The summed E-state index contributed by atoms with van der Waals surface area (Å²) >= 11 is 0. The summed E-state index contributed by atoms with van der Waals surface area (Å²) in [5.41, 5.74) is 0.660. The van der Waals surface area contributed by atoms with Gasteiger partial charge in [-0.15, -0.1) is 0 Å². The second-order valence-corrected chi connectivity index (χ2v) is 7.50. The van der Waals surface area contributed by atoms with E-state index in [4.69, 9.17) is 0 Å². The van der Waals surface area contributed by atoms with Gasteiger partial charge in [-0.25, -0.2) is 0 Å². The molecule has 3 fully saturated rings. The Morgan fingerprint density at radius 3 is 2.37 bits per heavy atom. The number of hydrogen-bond acceptors (Lipinski definition) is 2. The Balaban J connectivity index is 1.43. The lowest BCUT2D eigenvalue weighted by atomic mass is 9.82. The maximum absolute atomic E-state index is 3.77. The molecule has 0 aromatic rings. The Labute approximate surface area is 119 Å². The summed E-state index contributed by atoms with van der Waals surface area (Å²) in [6.07, 6.45) is 11.4. The van der Waals surface area contributed by atoms with Crippen molar-refractivity contribution in [3.63, 3.8) is 0 Å². The minimum atomic E-state index is 0.660. The molecular weight excluding hydrogens is 232 g/mol. The predicted octanol–water partition coefficient (Wildman–Crippen LogP) is 3.42. The van der Waals surface area contributed by atoms with Gasteiger partial charge in [-0.3, -0.25) is 0 Å². The van der Waals surface area contributed by atoms with Gasteiger partial charge in [0.05, 0.1) is 0 Å². The fraction of sp³-hybridized carbons (Fsp3) is 1.00. The van der Waals surface area contributed by atoms with Gasteiger partial charge in [-0.05, 0) is 75.8 Å².